The summed E-state index contributed by atoms with van der Waals surface area (Å²) in [4.78, 5) is 12.2. The van der Waals surface area contributed by atoms with Gasteiger partial charge in [0.2, 0.25) is 10.0 Å². The minimum atomic E-state index is -3.50. The number of hydrogen-bond donors (Lipinski definition) is 2. The number of amides is 1. The highest BCUT2D eigenvalue weighted by Gasteiger charge is 2.15. The van der Waals surface area contributed by atoms with Crippen LogP contribution in [0.1, 0.15) is 15.9 Å². The molecule has 23 heavy (non-hydrogen) atoms. The Bertz CT molecular complexity index is 867. The molecule has 2 aromatic rings. The number of hydrogen-bond acceptors (Lipinski definition) is 3. The van der Waals surface area contributed by atoms with Gasteiger partial charge >= 0.3 is 0 Å². The molecule has 2 aromatic carbocycles. The van der Waals surface area contributed by atoms with Gasteiger partial charge in [0.25, 0.3) is 5.91 Å². The van der Waals surface area contributed by atoms with E-state index in [1.165, 1.54) is 18.2 Å². The standard InChI is InChI=1S/C15H14F2N2O3S/c1-9-11(4-3-5-13(9)19-23(2,21)22)15(20)18-14-7-6-10(16)8-12(14)17/h3-8,19H,1-2H3,(H,18,20). The monoisotopic (exact) mass is 340 g/mol. The van der Waals surface area contributed by atoms with Gasteiger partial charge in [-0.3, -0.25) is 9.52 Å². The van der Waals surface area contributed by atoms with Gasteiger partial charge in [0, 0.05) is 11.6 Å². The first-order valence-corrected chi connectivity index (χ1v) is 8.40. The van der Waals surface area contributed by atoms with Crippen LogP contribution in [0.3, 0.4) is 0 Å². The lowest BCUT2D eigenvalue weighted by Crippen LogP contribution is -2.17. The van der Waals surface area contributed by atoms with Crippen molar-refractivity contribution in [1.29, 1.82) is 0 Å². The van der Waals surface area contributed by atoms with Gasteiger partial charge in [-0.2, -0.15) is 0 Å². The molecule has 0 aliphatic carbocycles. The Hall–Kier alpha value is -2.48. The van der Waals surface area contributed by atoms with E-state index in [0.29, 0.717) is 11.6 Å². The third-order valence-corrected chi connectivity index (χ3v) is 3.64. The number of benzene rings is 2. The molecule has 2 N–H and O–H groups in total. The SMILES string of the molecule is Cc1c(NS(C)(=O)=O)cccc1C(=O)Nc1ccc(F)cc1F. The van der Waals surface area contributed by atoms with Crippen molar-refractivity contribution >= 4 is 27.3 Å². The average Bonchev–Trinajstić information content (AvgIpc) is 2.42. The van der Waals surface area contributed by atoms with Crippen LogP contribution >= 0.6 is 0 Å². The fourth-order valence-electron chi connectivity index (χ4n) is 1.97. The fourth-order valence-corrected chi connectivity index (χ4v) is 2.59. The van der Waals surface area contributed by atoms with Crippen LogP contribution in [0, 0.1) is 18.6 Å². The van der Waals surface area contributed by atoms with Crippen LogP contribution < -0.4 is 10.0 Å². The topological polar surface area (TPSA) is 75.3 Å². The molecular weight excluding hydrogens is 326 g/mol. The van der Waals surface area contributed by atoms with Crippen LogP contribution in [0.5, 0.6) is 0 Å². The van der Waals surface area contributed by atoms with E-state index in [1.807, 2.05) is 0 Å². The van der Waals surface area contributed by atoms with E-state index in [4.69, 9.17) is 0 Å². The number of rotatable bonds is 4. The Morgan fingerprint density at radius 1 is 1.09 bits per heavy atom. The molecule has 8 heteroatoms. The highest BCUT2D eigenvalue weighted by atomic mass is 32.2. The van der Waals surface area contributed by atoms with Gasteiger partial charge in [-0.05, 0) is 36.8 Å². The summed E-state index contributed by atoms with van der Waals surface area (Å²) in [6.45, 7) is 1.56. The Morgan fingerprint density at radius 3 is 2.39 bits per heavy atom. The van der Waals surface area contributed by atoms with E-state index in [0.717, 1.165) is 18.4 Å². The van der Waals surface area contributed by atoms with Gasteiger partial charge in [-0.15, -0.1) is 0 Å². The maximum absolute atomic E-state index is 13.6. The first-order valence-electron chi connectivity index (χ1n) is 6.51. The zero-order valence-electron chi connectivity index (χ0n) is 12.4. The van der Waals surface area contributed by atoms with Gasteiger partial charge < -0.3 is 5.32 Å². The van der Waals surface area contributed by atoms with Crippen LogP contribution in [0.15, 0.2) is 36.4 Å². The first kappa shape index (κ1) is 16.9. The number of anilines is 2. The second kappa shape index (κ2) is 6.33. The smallest absolute Gasteiger partial charge is 0.256 e. The zero-order valence-corrected chi connectivity index (χ0v) is 13.2. The Balaban J connectivity index is 2.31. The highest BCUT2D eigenvalue weighted by Crippen LogP contribution is 2.22. The average molecular weight is 340 g/mol. The van der Waals surface area contributed by atoms with Gasteiger partial charge in [-0.1, -0.05) is 6.07 Å². The van der Waals surface area contributed by atoms with Crippen LogP contribution in [0.2, 0.25) is 0 Å². The van der Waals surface area contributed by atoms with Crippen molar-refractivity contribution in [3.05, 3.63) is 59.2 Å². The maximum atomic E-state index is 13.6. The molecule has 0 heterocycles. The Kier molecular flexibility index (Phi) is 4.65. The second-order valence-electron chi connectivity index (χ2n) is 4.93. The third kappa shape index (κ3) is 4.26. The second-order valence-corrected chi connectivity index (χ2v) is 6.68. The molecular formula is C15H14F2N2O3S. The summed E-state index contributed by atoms with van der Waals surface area (Å²) in [5, 5.41) is 2.33. The molecule has 0 spiro atoms. The lowest BCUT2D eigenvalue weighted by atomic mass is 10.1. The summed E-state index contributed by atoms with van der Waals surface area (Å²) in [7, 11) is -3.50. The van der Waals surface area contributed by atoms with Crippen molar-refractivity contribution in [3.8, 4) is 0 Å². The minimum Gasteiger partial charge on any atom is -0.319 e. The molecule has 0 radical (unpaired) electrons. The van der Waals surface area contributed by atoms with Gasteiger partial charge in [-0.25, -0.2) is 17.2 Å². The molecule has 0 aliphatic heterocycles. The van der Waals surface area contributed by atoms with Crippen LogP contribution in [-0.2, 0) is 10.0 Å². The van der Waals surface area contributed by atoms with E-state index in [1.54, 1.807) is 6.92 Å². The molecule has 5 nitrogen and oxygen atoms in total. The van der Waals surface area contributed by atoms with Crippen molar-refractivity contribution in [1.82, 2.24) is 0 Å². The van der Waals surface area contributed by atoms with Gasteiger partial charge in [0.1, 0.15) is 11.6 Å². The van der Waals surface area contributed by atoms with Crippen LogP contribution in [0.4, 0.5) is 20.2 Å². The molecule has 1 amide bonds. The summed E-state index contributed by atoms with van der Waals surface area (Å²) < 4.78 is 51.4. The van der Waals surface area contributed by atoms with Gasteiger partial charge in [0.05, 0.1) is 17.6 Å². The minimum absolute atomic E-state index is 0.169. The van der Waals surface area contributed by atoms with Crippen LogP contribution in [-0.4, -0.2) is 20.6 Å². The van der Waals surface area contributed by atoms with Crippen LogP contribution in [0.25, 0.3) is 0 Å². The number of carbonyl (C=O) groups excluding carboxylic acids is 1. The first-order chi connectivity index (χ1) is 10.7. The fraction of sp³-hybridized carbons (Fsp3) is 0.133. The highest BCUT2D eigenvalue weighted by molar-refractivity contribution is 7.92. The predicted molar refractivity (Wildman–Crippen MR) is 84.0 cm³/mol. The van der Waals surface area contributed by atoms with Crippen molar-refractivity contribution in [2.45, 2.75) is 6.92 Å². The van der Waals surface area contributed by atoms with Crippen molar-refractivity contribution in [3.63, 3.8) is 0 Å². The normalized spacial score (nSPS) is 11.1. The number of nitrogens with one attached hydrogen (secondary N) is 2. The van der Waals surface area contributed by atoms with E-state index in [-0.39, 0.29) is 16.9 Å². The summed E-state index contributed by atoms with van der Waals surface area (Å²) in [6.07, 6.45) is 0.993. The molecule has 0 saturated heterocycles. The summed E-state index contributed by atoms with van der Waals surface area (Å²) in [6, 6.07) is 7.26. The third-order valence-electron chi connectivity index (χ3n) is 3.05. The Labute approximate surface area is 132 Å². The number of carbonyl (C=O) groups is 1. The lowest BCUT2D eigenvalue weighted by Gasteiger charge is -2.12. The van der Waals surface area contributed by atoms with E-state index in [9.17, 15) is 22.0 Å². The molecule has 0 atom stereocenters. The molecule has 0 fully saturated rings. The summed E-state index contributed by atoms with van der Waals surface area (Å²) in [5.74, 6) is -2.29. The maximum Gasteiger partial charge on any atom is 0.256 e. The molecule has 0 aromatic heterocycles. The molecule has 0 aliphatic rings. The number of sulfonamides is 1. The molecule has 0 unspecified atom stereocenters. The quantitative estimate of drug-likeness (QED) is 0.899. The summed E-state index contributed by atoms with van der Waals surface area (Å²) in [5.41, 5.74) is 0.636. The molecule has 122 valence electrons. The zero-order chi connectivity index (χ0) is 17.2. The van der Waals surface area contributed by atoms with Gasteiger partial charge in [0.15, 0.2) is 0 Å². The lowest BCUT2D eigenvalue weighted by molar-refractivity contribution is 0.102. The van der Waals surface area contributed by atoms with Crippen molar-refractivity contribution in [2.75, 3.05) is 16.3 Å². The van der Waals surface area contributed by atoms with Crippen molar-refractivity contribution in [2.24, 2.45) is 0 Å². The Morgan fingerprint density at radius 2 is 1.78 bits per heavy atom. The predicted octanol–water partition coefficient (Wildman–Crippen LogP) is 2.90. The number of halogens is 2. The molecule has 0 saturated carbocycles. The molecule has 0 bridgehead atoms. The van der Waals surface area contributed by atoms with Crippen molar-refractivity contribution < 1.29 is 22.0 Å². The van der Waals surface area contributed by atoms with E-state index in [2.05, 4.69) is 10.0 Å². The summed E-state index contributed by atoms with van der Waals surface area (Å²) >= 11 is 0. The van der Waals surface area contributed by atoms with E-state index >= 15 is 0 Å². The largest absolute Gasteiger partial charge is 0.319 e. The van der Waals surface area contributed by atoms with E-state index < -0.39 is 27.6 Å². The molecule has 2 rings (SSSR count).